The summed E-state index contributed by atoms with van der Waals surface area (Å²) < 4.78 is 6.67. The fourth-order valence-electron chi connectivity index (χ4n) is 5.66. The van der Waals surface area contributed by atoms with E-state index in [-0.39, 0.29) is 43.0 Å². The van der Waals surface area contributed by atoms with E-state index in [1.807, 2.05) is 61.5 Å². The van der Waals surface area contributed by atoms with Gasteiger partial charge >= 0.3 is 6.03 Å². The summed E-state index contributed by atoms with van der Waals surface area (Å²) in [7, 11) is 2.08. The van der Waals surface area contributed by atoms with E-state index in [1.54, 1.807) is 17.0 Å². The fraction of sp³-hybridized carbons (Fsp3) is 0.297. The van der Waals surface area contributed by atoms with Crippen LogP contribution in [0.1, 0.15) is 25.0 Å². The molecule has 0 unspecified atom stereocenters. The van der Waals surface area contributed by atoms with E-state index in [0.717, 1.165) is 6.54 Å². The number of nitrogens with one attached hydrogen (secondary N) is 2. The van der Waals surface area contributed by atoms with Crippen molar-refractivity contribution in [2.75, 3.05) is 37.4 Å². The van der Waals surface area contributed by atoms with Crippen LogP contribution in [0.3, 0.4) is 0 Å². The third-order valence-electron chi connectivity index (χ3n) is 8.21. The number of carbonyl (C=O) groups excluding carboxylic acids is 2. The standard InChI is InChI=1S/C37H42N4O4/c1-26-22-41(27(2)25-42)36(43)21-31-20-33(39-37(44)38-32-12-8-5-9-13-32)18-19-34(31)45-35(26)24-40(3)23-28-14-16-30(17-15-28)29-10-6-4-7-11-29/h4-20,26-27,35,42H,21-25H2,1-3H3,(H2,38,39,44)/t26-,27+,35+/m0/s1. The van der Waals surface area contributed by atoms with Crippen LogP contribution in [0.2, 0.25) is 0 Å². The lowest BCUT2D eigenvalue weighted by atomic mass is 10.0. The van der Waals surface area contributed by atoms with Gasteiger partial charge in [0, 0.05) is 42.5 Å². The second kappa shape index (κ2) is 14.9. The zero-order valence-electron chi connectivity index (χ0n) is 26.1. The van der Waals surface area contributed by atoms with Crippen LogP contribution in [0.15, 0.2) is 103 Å². The molecule has 3 atom stereocenters. The molecule has 1 aliphatic rings. The van der Waals surface area contributed by atoms with Crippen LogP contribution in [0.25, 0.3) is 11.1 Å². The van der Waals surface area contributed by atoms with Gasteiger partial charge < -0.3 is 25.4 Å². The number of para-hydroxylation sites is 1. The van der Waals surface area contributed by atoms with Gasteiger partial charge in [-0.15, -0.1) is 0 Å². The van der Waals surface area contributed by atoms with Gasteiger partial charge in [-0.25, -0.2) is 4.79 Å². The topological polar surface area (TPSA) is 94.1 Å². The maximum Gasteiger partial charge on any atom is 0.323 e. The minimum atomic E-state index is -0.378. The number of aliphatic hydroxyl groups is 1. The molecule has 0 bridgehead atoms. The van der Waals surface area contributed by atoms with Gasteiger partial charge in [0.2, 0.25) is 5.91 Å². The molecular weight excluding hydrogens is 564 g/mol. The Morgan fingerprint density at radius 2 is 1.58 bits per heavy atom. The van der Waals surface area contributed by atoms with Crippen molar-refractivity contribution in [1.29, 1.82) is 0 Å². The monoisotopic (exact) mass is 606 g/mol. The van der Waals surface area contributed by atoms with E-state index in [2.05, 4.69) is 65.9 Å². The van der Waals surface area contributed by atoms with Crippen molar-refractivity contribution in [3.63, 3.8) is 0 Å². The third kappa shape index (κ3) is 8.50. The van der Waals surface area contributed by atoms with Crippen molar-refractivity contribution in [3.05, 3.63) is 114 Å². The molecule has 3 N–H and O–H groups in total. The zero-order chi connectivity index (χ0) is 31.8. The number of amides is 3. The summed E-state index contributed by atoms with van der Waals surface area (Å²) in [5, 5.41) is 15.6. The average Bonchev–Trinajstić information content (AvgIpc) is 3.09. The molecule has 0 spiro atoms. The molecule has 234 valence electrons. The predicted octanol–water partition coefficient (Wildman–Crippen LogP) is 6.28. The van der Waals surface area contributed by atoms with Crippen molar-refractivity contribution < 1.29 is 19.4 Å². The summed E-state index contributed by atoms with van der Waals surface area (Å²) in [6.07, 6.45) is -0.129. The van der Waals surface area contributed by atoms with Crippen LogP contribution in [0.4, 0.5) is 16.2 Å². The molecule has 1 heterocycles. The molecular formula is C37H42N4O4. The molecule has 3 amide bonds. The van der Waals surface area contributed by atoms with Crippen molar-refractivity contribution in [1.82, 2.24) is 9.80 Å². The number of hydrogen-bond donors (Lipinski definition) is 3. The molecule has 4 aromatic carbocycles. The fourth-order valence-corrected chi connectivity index (χ4v) is 5.66. The molecule has 5 rings (SSSR count). The third-order valence-corrected chi connectivity index (χ3v) is 8.21. The van der Waals surface area contributed by atoms with Gasteiger partial charge in [-0.05, 0) is 61.0 Å². The molecule has 4 aromatic rings. The number of hydrogen-bond acceptors (Lipinski definition) is 5. The Bertz CT molecular complexity index is 1560. The highest BCUT2D eigenvalue weighted by Gasteiger charge is 2.31. The van der Waals surface area contributed by atoms with Crippen LogP contribution in [-0.2, 0) is 17.8 Å². The summed E-state index contributed by atoms with van der Waals surface area (Å²) in [5.41, 5.74) is 5.49. The Labute approximate surface area is 265 Å². The normalized spacial score (nSPS) is 17.4. The quantitative estimate of drug-likeness (QED) is 0.209. The van der Waals surface area contributed by atoms with Gasteiger partial charge in [0.05, 0.1) is 19.1 Å². The van der Waals surface area contributed by atoms with E-state index < -0.39 is 0 Å². The first-order valence-electron chi connectivity index (χ1n) is 15.4. The first-order valence-corrected chi connectivity index (χ1v) is 15.4. The van der Waals surface area contributed by atoms with Gasteiger partial charge in [-0.2, -0.15) is 0 Å². The van der Waals surface area contributed by atoms with Crippen LogP contribution < -0.4 is 15.4 Å². The lowest BCUT2D eigenvalue weighted by Gasteiger charge is -2.34. The Hall–Kier alpha value is -4.66. The van der Waals surface area contributed by atoms with Crippen molar-refractivity contribution >= 4 is 23.3 Å². The SMILES string of the molecule is C[C@H](CO)N1C[C@H](C)[C@@H](CN(C)Cc2ccc(-c3ccccc3)cc2)Oc2ccc(NC(=O)Nc3ccccc3)cc2CC1=O. The molecule has 0 saturated carbocycles. The lowest BCUT2D eigenvalue weighted by Crippen LogP contribution is -2.47. The summed E-state index contributed by atoms with van der Waals surface area (Å²) >= 11 is 0. The smallest absolute Gasteiger partial charge is 0.323 e. The number of aliphatic hydroxyl groups excluding tert-OH is 1. The summed E-state index contributed by atoms with van der Waals surface area (Å²) in [6.45, 7) is 5.66. The van der Waals surface area contributed by atoms with E-state index >= 15 is 0 Å². The second-order valence-electron chi connectivity index (χ2n) is 11.9. The van der Waals surface area contributed by atoms with E-state index in [0.29, 0.717) is 35.8 Å². The van der Waals surface area contributed by atoms with Gasteiger partial charge in [-0.3, -0.25) is 9.69 Å². The Morgan fingerprint density at radius 1 is 0.933 bits per heavy atom. The molecule has 0 radical (unpaired) electrons. The number of rotatable bonds is 9. The van der Waals surface area contributed by atoms with Crippen LogP contribution in [0.5, 0.6) is 5.75 Å². The van der Waals surface area contributed by atoms with E-state index in [9.17, 15) is 14.7 Å². The molecule has 45 heavy (non-hydrogen) atoms. The highest BCUT2D eigenvalue weighted by molar-refractivity contribution is 6.00. The van der Waals surface area contributed by atoms with Crippen LogP contribution >= 0.6 is 0 Å². The summed E-state index contributed by atoms with van der Waals surface area (Å²) in [5.74, 6) is 0.520. The summed E-state index contributed by atoms with van der Waals surface area (Å²) in [4.78, 5) is 30.2. The first-order chi connectivity index (χ1) is 21.8. The van der Waals surface area contributed by atoms with Crippen molar-refractivity contribution in [2.24, 2.45) is 5.92 Å². The van der Waals surface area contributed by atoms with Crippen molar-refractivity contribution in [3.8, 4) is 16.9 Å². The van der Waals surface area contributed by atoms with Gasteiger partial charge in [0.25, 0.3) is 0 Å². The molecule has 1 aliphatic heterocycles. The average molecular weight is 607 g/mol. The van der Waals surface area contributed by atoms with Crippen molar-refractivity contribution in [2.45, 2.75) is 39.0 Å². The highest BCUT2D eigenvalue weighted by atomic mass is 16.5. The maximum absolute atomic E-state index is 13.6. The molecule has 0 aromatic heterocycles. The van der Waals surface area contributed by atoms with E-state index in [1.165, 1.54) is 16.7 Å². The number of anilines is 2. The highest BCUT2D eigenvalue weighted by Crippen LogP contribution is 2.30. The predicted molar refractivity (Wildman–Crippen MR) is 179 cm³/mol. The molecule has 0 fully saturated rings. The number of benzene rings is 4. The van der Waals surface area contributed by atoms with Crippen LogP contribution in [0, 0.1) is 5.92 Å². The Kier molecular flexibility index (Phi) is 10.5. The number of likely N-dealkylation sites (N-methyl/N-ethyl adjacent to an activating group) is 1. The minimum Gasteiger partial charge on any atom is -0.488 e. The molecule has 8 heteroatoms. The van der Waals surface area contributed by atoms with E-state index in [4.69, 9.17) is 4.74 Å². The second-order valence-corrected chi connectivity index (χ2v) is 11.9. The van der Waals surface area contributed by atoms with Crippen LogP contribution in [-0.4, -0.2) is 65.7 Å². The van der Waals surface area contributed by atoms with Gasteiger partial charge in [0.15, 0.2) is 0 Å². The minimum absolute atomic E-state index is 0.00809. The zero-order valence-corrected chi connectivity index (χ0v) is 26.1. The number of urea groups is 1. The number of nitrogens with zero attached hydrogens (tertiary/aromatic N) is 2. The first kappa shape index (κ1) is 31.8. The maximum atomic E-state index is 13.6. The molecule has 0 saturated heterocycles. The lowest BCUT2D eigenvalue weighted by molar-refractivity contribution is -0.134. The Balaban J connectivity index is 1.33. The number of fused-ring (bicyclic) bond motifs is 1. The van der Waals surface area contributed by atoms with Gasteiger partial charge in [0.1, 0.15) is 11.9 Å². The Morgan fingerprint density at radius 3 is 2.27 bits per heavy atom. The summed E-state index contributed by atoms with van der Waals surface area (Å²) in [6, 6.07) is 32.9. The molecule has 8 nitrogen and oxygen atoms in total. The number of ether oxygens (including phenoxy) is 1. The molecule has 0 aliphatic carbocycles. The largest absolute Gasteiger partial charge is 0.488 e. The number of carbonyl (C=O) groups is 2. The van der Waals surface area contributed by atoms with Gasteiger partial charge in [-0.1, -0.05) is 79.7 Å².